The van der Waals surface area contributed by atoms with Gasteiger partial charge >= 0.3 is 0 Å². The summed E-state index contributed by atoms with van der Waals surface area (Å²) in [6, 6.07) is 0. The highest BCUT2D eigenvalue weighted by atomic mass is 32.1. The number of hydrogen-bond acceptors (Lipinski definition) is 5. The topological polar surface area (TPSA) is 49.0 Å². The monoisotopic (exact) mass is 274 g/mol. The largest absolute Gasteiger partial charge is 0.379 e. The number of morpholine rings is 2. The van der Waals surface area contributed by atoms with Crippen LogP contribution in [0.5, 0.6) is 0 Å². The van der Waals surface area contributed by atoms with Gasteiger partial charge in [0.15, 0.2) is 5.11 Å². The van der Waals surface area contributed by atoms with E-state index in [1.54, 1.807) is 0 Å². The molecule has 2 aliphatic heterocycles. The molecule has 0 bridgehead atoms. The van der Waals surface area contributed by atoms with Crippen molar-refractivity contribution in [2.45, 2.75) is 0 Å². The van der Waals surface area contributed by atoms with Crippen molar-refractivity contribution >= 4 is 17.3 Å². The van der Waals surface area contributed by atoms with Crippen LogP contribution in [0.4, 0.5) is 0 Å². The first-order chi connectivity index (χ1) is 8.84. The third-order valence-corrected chi connectivity index (χ3v) is 3.42. The summed E-state index contributed by atoms with van der Waals surface area (Å²) in [4.78, 5) is 4.60. The van der Waals surface area contributed by atoms with Gasteiger partial charge in [-0.2, -0.15) is 0 Å². The van der Waals surface area contributed by atoms with Crippen LogP contribution in [-0.4, -0.2) is 80.9 Å². The molecule has 0 aromatic carbocycles. The molecule has 0 atom stereocenters. The smallest absolute Gasteiger partial charge is 0.168 e. The Kier molecular flexibility index (Phi) is 6.09. The maximum absolute atomic E-state index is 5.30. The fourth-order valence-corrected chi connectivity index (χ4v) is 2.08. The average molecular weight is 274 g/mol. The molecular weight excluding hydrogens is 252 g/mol. The molecule has 0 amide bonds. The Morgan fingerprint density at radius 1 is 0.833 bits per heavy atom. The van der Waals surface area contributed by atoms with Gasteiger partial charge in [0.25, 0.3) is 0 Å². The molecule has 2 N–H and O–H groups in total. The van der Waals surface area contributed by atoms with Gasteiger partial charge in [0.1, 0.15) is 0 Å². The van der Waals surface area contributed by atoms with E-state index in [1.165, 1.54) is 0 Å². The van der Waals surface area contributed by atoms with Crippen LogP contribution < -0.4 is 10.6 Å². The molecule has 2 rings (SSSR count). The van der Waals surface area contributed by atoms with Crippen LogP contribution in [0.1, 0.15) is 0 Å². The van der Waals surface area contributed by atoms with Crippen LogP contribution in [0.3, 0.4) is 0 Å². The van der Waals surface area contributed by atoms with Gasteiger partial charge in [0, 0.05) is 26.2 Å². The minimum absolute atomic E-state index is 0.716. The number of hydrogen-bond donors (Lipinski definition) is 2. The van der Waals surface area contributed by atoms with Crippen LogP contribution >= 0.6 is 12.2 Å². The highest BCUT2D eigenvalue weighted by Crippen LogP contribution is 1.95. The van der Waals surface area contributed by atoms with Crippen molar-refractivity contribution in [2.24, 2.45) is 0 Å². The summed E-state index contributed by atoms with van der Waals surface area (Å²) in [7, 11) is 0. The van der Waals surface area contributed by atoms with Crippen molar-refractivity contribution in [2.75, 3.05) is 65.9 Å². The highest BCUT2D eigenvalue weighted by Gasteiger charge is 2.11. The molecule has 0 aliphatic carbocycles. The minimum Gasteiger partial charge on any atom is -0.379 e. The van der Waals surface area contributed by atoms with E-state index >= 15 is 0 Å². The lowest BCUT2D eigenvalue weighted by molar-refractivity contribution is 0.0348. The molecule has 0 saturated carbocycles. The maximum atomic E-state index is 5.30. The van der Waals surface area contributed by atoms with Gasteiger partial charge < -0.3 is 20.1 Å². The Labute approximate surface area is 114 Å². The molecule has 18 heavy (non-hydrogen) atoms. The third-order valence-electron chi connectivity index (χ3n) is 3.13. The molecule has 0 spiro atoms. The molecule has 2 fully saturated rings. The lowest BCUT2D eigenvalue weighted by atomic mass is 10.4. The van der Waals surface area contributed by atoms with Crippen molar-refractivity contribution in [1.82, 2.24) is 20.4 Å². The normalized spacial score (nSPS) is 22.7. The van der Waals surface area contributed by atoms with Crippen LogP contribution in [0.15, 0.2) is 0 Å². The predicted octanol–water partition coefficient (Wildman–Crippen LogP) is -0.970. The number of nitrogens with one attached hydrogen (secondary N) is 2. The second-order valence-corrected chi connectivity index (χ2v) is 4.87. The number of thiocarbonyl (C=S) groups is 1. The van der Waals surface area contributed by atoms with Gasteiger partial charge in [-0.25, -0.2) is 0 Å². The number of nitrogens with zero attached hydrogens (tertiary/aromatic N) is 2. The van der Waals surface area contributed by atoms with Gasteiger partial charge in [0.2, 0.25) is 0 Å². The van der Waals surface area contributed by atoms with Crippen LogP contribution in [0.25, 0.3) is 0 Å². The Hall–Kier alpha value is -0.470. The first kappa shape index (κ1) is 14.0. The van der Waals surface area contributed by atoms with Crippen molar-refractivity contribution < 1.29 is 9.47 Å². The quantitative estimate of drug-likeness (QED) is 0.640. The Bertz CT molecular complexity index is 231. The van der Waals surface area contributed by atoms with Gasteiger partial charge in [0.05, 0.1) is 39.8 Å². The fraction of sp³-hybridized carbons (Fsp3) is 0.909. The van der Waals surface area contributed by atoms with E-state index in [2.05, 4.69) is 20.4 Å². The molecule has 2 saturated heterocycles. The Balaban J connectivity index is 1.54. The van der Waals surface area contributed by atoms with Crippen molar-refractivity contribution in [3.8, 4) is 0 Å². The standard InChI is InChI=1S/C11H22N4O2S/c18-11(12-9-14-1-5-16-6-2-14)13-10-15-3-7-17-8-4-15/h1-10H2,(H2,12,13,18). The van der Waals surface area contributed by atoms with Crippen molar-refractivity contribution in [3.05, 3.63) is 0 Å². The molecule has 0 aromatic heterocycles. The molecule has 2 heterocycles. The Morgan fingerprint density at radius 3 is 1.61 bits per heavy atom. The molecule has 0 unspecified atom stereocenters. The lowest BCUT2D eigenvalue weighted by Gasteiger charge is -2.29. The highest BCUT2D eigenvalue weighted by molar-refractivity contribution is 7.80. The second-order valence-electron chi connectivity index (χ2n) is 4.46. The summed E-state index contributed by atoms with van der Waals surface area (Å²) in [5.41, 5.74) is 0. The zero-order valence-electron chi connectivity index (χ0n) is 10.7. The SMILES string of the molecule is S=C(NCN1CCOCC1)NCN1CCOCC1. The van der Waals surface area contributed by atoms with E-state index in [0.29, 0.717) is 5.11 Å². The number of ether oxygens (including phenoxy) is 2. The summed E-state index contributed by atoms with van der Waals surface area (Å²) in [5.74, 6) is 0. The molecule has 104 valence electrons. The van der Waals surface area contributed by atoms with E-state index in [1.807, 2.05) is 0 Å². The molecule has 2 aliphatic rings. The average Bonchev–Trinajstić information content (AvgIpc) is 2.45. The van der Waals surface area contributed by atoms with Gasteiger partial charge in [-0.15, -0.1) is 0 Å². The molecule has 7 heteroatoms. The summed E-state index contributed by atoms with van der Waals surface area (Å²) < 4.78 is 10.6. The van der Waals surface area contributed by atoms with E-state index < -0.39 is 0 Å². The first-order valence-electron chi connectivity index (χ1n) is 6.46. The second kappa shape index (κ2) is 7.85. The summed E-state index contributed by atoms with van der Waals surface area (Å²) in [5, 5.41) is 7.17. The van der Waals surface area contributed by atoms with Crippen molar-refractivity contribution in [1.29, 1.82) is 0 Å². The molecule has 0 radical (unpaired) electrons. The predicted molar refractivity (Wildman–Crippen MR) is 73.4 cm³/mol. The Morgan fingerprint density at radius 2 is 1.22 bits per heavy atom. The van der Waals surface area contributed by atoms with Crippen LogP contribution in [-0.2, 0) is 9.47 Å². The first-order valence-corrected chi connectivity index (χ1v) is 6.87. The minimum atomic E-state index is 0.716. The summed E-state index contributed by atoms with van der Waals surface area (Å²) in [6.07, 6.45) is 0. The molecular formula is C11H22N4O2S. The zero-order chi connectivity index (χ0) is 12.6. The van der Waals surface area contributed by atoms with Gasteiger partial charge in [-0.1, -0.05) is 0 Å². The van der Waals surface area contributed by atoms with Gasteiger partial charge in [-0.3, -0.25) is 9.80 Å². The molecule has 0 aromatic rings. The van der Waals surface area contributed by atoms with Crippen LogP contribution in [0, 0.1) is 0 Å². The zero-order valence-corrected chi connectivity index (χ0v) is 11.5. The maximum Gasteiger partial charge on any atom is 0.168 e. The third kappa shape index (κ3) is 5.03. The van der Waals surface area contributed by atoms with E-state index in [4.69, 9.17) is 21.7 Å². The van der Waals surface area contributed by atoms with E-state index in [0.717, 1.165) is 65.9 Å². The number of rotatable bonds is 4. The van der Waals surface area contributed by atoms with Crippen LogP contribution in [0.2, 0.25) is 0 Å². The summed E-state index contributed by atoms with van der Waals surface area (Å²) in [6.45, 7) is 8.73. The van der Waals surface area contributed by atoms with Gasteiger partial charge in [-0.05, 0) is 12.2 Å². The summed E-state index contributed by atoms with van der Waals surface area (Å²) >= 11 is 5.25. The van der Waals surface area contributed by atoms with E-state index in [-0.39, 0.29) is 0 Å². The fourth-order valence-electron chi connectivity index (χ4n) is 1.95. The van der Waals surface area contributed by atoms with E-state index in [9.17, 15) is 0 Å². The van der Waals surface area contributed by atoms with Crippen molar-refractivity contribution in [3.63, 3.8) is 0 Å². The lowest BCUT2D eigenvalue weighted by Crippen LogP contribution is -2.50. The molecule has 6 nitrogen and oxygen atoms in total.